The zero-order valence-corrected chi connectivity index (χ0v) is 14.3. The van der Waals surface area contributed by atoms with Crippen LogP contribution in [0.1, 0.15) is 0 Å². The van der Waals surface area contributed by atoms with Gasteiger partial charge < -0.3 is 20.9 Å². The molecule has 1 aromatic heterocycles. The molecule has 128 valence electrons. The molecule has 6 heteroatoms. The highest BCUT2D eigenvalue weighted by Crippen LogP contribution is 2.31. The fourth-order valence-electron chi connectivity index (χ4n) is 3.22. The van der Waals surface area contributed by atoms with Crippen molar-refractivity contribution in [1.29, 1.82) is 0 Å². The number of fused-ring (bicyclic) bond motifs is 1. The summed E-state index contributed by atoms with van der Waals surface area (Å²) in [7, 11) is 2.13. The average Bonchev–Trinajstić information content (AvgIpc) is 2.65. The number of hydrogen-bond acceptors (Lipinski definition) is 6. The van der Waals surface area contributed by atoms with Crippen molar-refractivity contribution in [1.82, 2.24) is 14.9 Å². The third kappa shape index (κ3) is 3.08. The highest BCUT2D eigenvalue weighted by atomic mass is 15.3. The van der Waals surface area contributed by atoms with Crippen molar-refractivity contribution < 1.29 is 0 Å². The molecule has 6 nitrogen and oxygen atoms in total. The summed E-state index contributed by atoms with van der Waals surface area (Å²) in [6, 6.07) is 14.4. The van der Waals surface area contributed by atoms with E-state index in [1.807, 2.05) is 24.3 Å². The molecule has 1 fully saturated rings. The van der Waals surface area contributed by atoms with Gasteiger partial charge in [-0.1, -0.05) is 36.4 Å². The van der Waals surface area contributed by atoms with Crippen LogP contribution in [0.3, 0.4) is 0 Å². The summed E-state index contributed by atoms with van der Waals surface area (Å²) in [5.41, 5.74) is 7.99. The molecule has 2 heterocycles. The monoisotopic (exact) mass is 334 g/mol. The first-order valence-electron chi connectivity index (χ1n) is 8.51. The Balaban J connectivity index is 1.66. The van der Waals surface area contributed by atoms with Crippen LogP contribution in [0.4, 0.5) is 23.0 Å². The molecule has 3 aromatic rings. The van der Waals surface area contributed by atoms with Gasteiger partial charge in [-0.05, 0) is 18.5 Å². The molecule has 0 radical (unpaired) electrons. The molecule has 0 saturated carbocycles. The molecule has 1 aliphatic rings. The summed E-state index contributed by atoms with van der Waals surface area (Å²) >= 11 is 0. The van der Waals surface area contributed by atoms with Crippen LogP contribution in [0.5, 0.6) is 0 Å². The SMILES string of the molecule is CN1CCN(c2ncnc(Nc3cccc4ccccc34)c2N)CC1. The Morgan fingerprint density at radius 2 is 1.72 bits per heavy atom. The molecule has 2 aromatic carbocycles. The topological polar surface area (TPSA) is 70.3 Å². The normalized spacial score (nSPS) is 15.5. The van der Waals surface area contributed by atoms with E-state index in [9.17, 15) is 0 Å². The van der Waals surface area contributed by atoms with Crippen LogP contribution >= 0.6 is 0 Å². The lowest BCUT2D eigenvalue weighted by molar-refractivity contribution is 0.312. The summed E-state index contributed by atoms with van der Waals surface area (Å²) in [5, 5.41) is 5.71. The first kappa shape index (κ1) is 15.7. The molecule has 0 amide bonds. The van der Waals surface area contributed by atoms with E-state index in [4.69, 9.17) is 5.73 Å². The lowest BCUT2D eigenvalue weighted by atomic mass is 10.1. The highest BCUT2D eigenvalue weighted by molar-refractivity contribution is 5.96. The van der Waals surface area contributed by atoms with Crippen molar-refractivity contribution in [3.05, 3.63) is 48.8 Å². The Labute approximate surface area is 147 Å². The molecule has 0 bridgehead atoms. The van der Waals surface area contributed by atoms with Crippen LogP contribution in [-0.2, 0) is 0 Å². The smallest absolute Gasteiger partial charge is 0.159 e. The molecule has 4 rings (SSSR count). The standard InChI is InChI=1S/C19H22N6/c1-24-9-11-25(12-10-24)19-17(20)18(21-13-22-19)23-16-8-4-6-14-5-2-3-7-15(14)16/h2-8,13H,9-12,20H2,1H3,(H,21,22,23). The minimum Gasteiger partial charge on any atom is -0.393 e. The van der Waals surface area contributed by atoms with E-state index in [0.29, 0.717) is 11.5 Å². The van der Waals surface area contributed by atoms with Gasteiger partial charge in [-0.2, -0.15) is 0 Å². The lowest BCUT2D eigenvalue weighted by Crippen LogP contribution is -2.45. The first-order valence-corrected chi connectivity index (χ1v) is 8.51. The summed E-state index contributed by atoms with van der Waals surface area (Å²) < 4.78 is 0. The first-order chi connectivity index (χ1) is 12.2. The Bertz CT molecular complexity index is 881. The molecule has 0 spiro atoms. The van der Waals surface area contributed by atoms with Crippen LogP contribution in [0.2, 0.25) is 0 Å². The summed E-state index contributed by atoms with van der Waals surface area (Å²) in [6.07, 6.45) is 1.58. The third-order valence-corrected chi connectivity index (χ3v) is 4.71. The van der Waals surface area contributed by atoms with E-state index in [1.165, 1.54) is 5.39 Å². The summed E-state index contributed by atoms with van der Waals surface area (Å²) in [6.45, 7) is 3.86. The van der Waals surface area contributed by atoms with E-state index < -0.39 is 0 Å². The number of hydrogen-bond donors (Lipinski definition) is 2. The highest BCUT2D eigenvalue weighted by Gasteiger charge is 2.19. The predicted molar refractivity (Wildman–Crippen MR) is 103 cm³/mol. The van der Waals surface area contributed by atoms with E-state index in [-0.39, 0.29) is 0 Å². The van der Waals surface area contributed by atoms with E-state index in [1.54, 1.807) is 6.33 Å². The van der Waals surface area contributed by atoms with Crippen molar-refractivity contribution in [2.75, 3.05) is 49.2 Å². The maximum Gasteiger partial charge on any atom is 0.159 e. The number of nitrogens with zero attached hydrogens (tertiary/aromatic N) is 4. The van der Waals surface area contributed by atoms with E-state index >= 15 is 0 Å². The second-order valence-electron chi connectivity index (χ2n) is 6.40. The van der Waals surface area contributed by atoms with Crippen LogP contribution in [-0.4, -0.2) is 48.1 Å². The van der Waals surface area contributed by atoms with Crippen molar-refractivity contribution in [3.8, 4) is 0 Å². The van der Waals surface area contributed by atoms with E-state index in [2.05, 4.69) is 50.3 Å². The van der Waals surface area contributed by atoms with Gasteiger partial charge in [0, 0.05) is 37.3 Å². The van der Waals surface area contributed by atoms with Gasteiger partial charge in [-0.15, -0.1) is 0 Å². The summed E-state index contributed by atoms with van der Waals surface area (Å²) in [4.78, 5) is 13.3. The average molecular weight is 334 g/mol. The molecule has 0 unspecified atom stereocenters. The molecular weight excluding hydrogens is 312 g/mol. The van der Waals surface area contributed by atoms with Crippen LogP contribution in [0.25, 0.3) is 10.8 Å². The van der Waals surface area contributed by atoms with Crippen molar-refractivity contribution in [2.24, 2.45) is 0 Å². The molecule has 1 saturated heterocycles. The van der Waals surface area contributed by atoms with Gasteiger partial charge in [-0.3, -0.25) is 0 Å². The number of nitrogens with one attached hydrogen (secondary N) is 1. The number of nitrogens with two attached hydrogens (primary N) is 1. The predicted octanol–water partition coefficient (Wildman–Crippen LogP) is 2.71. The Morgan fingerprint density at radius 3 is 2.56 bits per heavy atom. The van der Waals surface area contributed by atoms with Crippen molar-refractivity contribution in [3.63, 3.8) is 0 Å². The number of rotatable bonds is 3. The largest absolute Gasteiger partial charge is 0.393 e. The van der Waals surface area contributed by atoms with Gasteiger partial charge in [0.1, 0.15) is 12.0 Å². The minimum absolute atomic E-state index is 0.597. The maximum atomic E-state index is 6.40. The summed E-state index contributed by atoms with van der Waals surface area (Å²) in [5.74, 6) is 1.46. The van der Waals surface area contributed by atoms with Gasteiger partial charge in [0.15, 0.2) is 11.6 Å². The Kier molecular flexibility index (Phi) is 4.11. The number of piperazine rings is 1. The molecule has 25 heavy (non-hydrogen) atoms. The molecule has 0 atom stereocenters. The number of likely N-dealkylation sites (N-methyl/N-ethyl adjacent to an activating group) is 1. The van der Waals surface area contributed by atoms with Gasteiger partial charge >= 0.3 is 0 Å². The van der Waals surface area contributed by atoms with Gasteiger partial charge in [0.2, 0.25) is 0 Å². The Hall–Kier alpha value is -2.86. The number of nitrogen functional groups attached to an aromatic ring is 1. The molecule has 1 aliphatic heterocycles. The lowest BCUT2D eigenvalue weighted by Gasteiger charge is -2.33. The number of anilines is 4. The van der Waals surface area contributed by atoms with Crippen LogP contribution in [0, 0.1) is 0 Å². The van der Waals surface area contributed by atoms with Gasteiger partial charge in [0.25, 0.3) is 0 Å². The number of aromatic nitrogens is 2. The van der Waals surface area contributed by atoms with Crippen LogP contribution in [0.15, 0.2) is 48.8 Å². The zero-order valence-electron chi connectivity index (χ0n) is 14.3. The molecular formula is C19H22N6. The fourth-order valence-corrected chi connectivity index (χ4v) is 3.22. The Morgan fingerprint density at radius 1 is 0.960 bits per heavy atom. The second kappa shape index (κ2) is 6.57. The quantitative estimate of drug-likeness (QED) is 0.767. The van der Waals surface area contributed by atoms with E-state index in [0.717, 1.165) is 43.1 Å². The number of benzene rings is 2. The molecule has 0 aliphatic carbocycles. The fraction of sp³-hybridized carbons (Fsp3) is 0.263. The van der Waals surface area contributed by atoms with Gasteiger partial charge in [0.05, 0.1) is 0 Å². The zero-order chi connectivity index (χ0) is 17.2. The van der Waals surface area contributed by atoms with Crippen molar-refractivity contribution in [2.45, 2.75) is 0 Å². The maximum absolute atomic E-state index is 6.40. The minimum atomic E-state index is 0.597. The second-order valence-corrected chi connectivity index (χ2v) is 6.40. The van der Waals surface area contributed by atoms with Crippen LogP contribution < -0.4 is 16.0 Å². The third-order valence-electron chi connectivity index (χ3n) is 4.71. The molecule has 3 N–H and O–H groups in total. The van der Waals surface area contributed by atoms with Crippen molar-refractivity contribution >= 4 is 33.8 Å². The van der Waals surface area contributed by atoms with Gasteiger partial charge in [-0.25, -0.2) is 9.97 Å².